The maximum atomic E-state index is 13.2. The fourth-order valence-corrected chi connectivity index (χ4v) is 1.19. The number of hydrogen-bond donors (Lipinski definition) is 1. The Labute approximate surface area is 88.1 Å². The van der Waals surface area contributed by atoms with E-state index in [0.717, 1.165) is 19.3 Å². The van der Waals surface area contributed by atoms with Crippen LogP contribution in [0, 0.1) is 0 Å². The molecule has 1 rings (SSSR count). The van der Waals surface area contributed by atoms with Crippen LogP contribution in [0.25, 0.3) is 0 Å². The SMILES string of the molecule is C=NC(N)=N/C=C(/F)CN1CCOCC1. The Morgan fingerprint density at radius 1 is 1.53 bits per heavy atom. The second kappa shape index (κ2) is 6.26. The first-order valence-corrected chi connectivity index (χ1v) is 4.67. The molecule has 0 aromatic heterocycles. The van der Waals surface area contributed by atoms with Gasteiger partial charge in [-0.15, -0.1) is 0 Å². The van der Waals surface area contributed by atoms with Gasteiger partial charge < -0.3 is 10.5 Å². The quantitative estimate of drug-likeness (QED) is 0.537. The maximum Gasteiger partial charge on any atom is 0.219 e. The molecule has 0 amide bonds. The number of nitrogens with zero attached hydrogens (tertiary/aromatic N) is 3. The number of aliphatic imine (C=N–C) groups is 2. The number of guanidine groups is 1. The molecule has 0 aromatic carbocycles. The first kappa shape index (κ1) is 11.8. The summed E-state index contributed by atoms with van der Waals surface area (Å²) in [6.07, 6.45) is 1.07. The molecular formula is C9H15FN4O. The molecule has 6 heteroatoms. The van der Waals surface area contributed by atoms with E-state index in [4.69, 9.17) is 10.5 Å². The molecule has 1 saturated heterocycles. The van der Waals surface area contributed by atoms with Crippen LogP contribution < -0.4 is 5.73 Å². The molecule has 1 aliphatic heterocycles. The monoisotopic (exact) mass is 214 g/mol. The number of ether oxygens (including phenoxy) is 1. The van der Waals surface area contributed by atoms with Gasteiger partial charge in [0.2, 0.25) is 5.96 Å². The summed E-state index contributed by atoms with van der Waals surface area (Å²) in [4.78, 5) is 8.87. The van der Waals surface area contributed by atoms with Gasteiger partial charge in [0.25, 0.3) is 0 Å². The van der Waals surface area contributed by atoms with Gasteiger partial charge in [-0.1, -0.05) is 0 Å². The minimum atomic E-state index is -0.344. The van der Waals surface area contributed by atoms with Gasteiger partial charge in [-0.3, -0.25) is 4.90 Å². The lowest BCUT2D eigenvalue weighted by Crippen LogP contribution is -2.37. The Bertz CT molecular complexity index is 271. The predicted molar refractivity (Wildman–Crippen MR) is 57.6 cm³/mol. The summed E-state index contributed by atoms with van der Waals surface area (Å²) < 4.78 is 18.4. The second-order valence-electron chi connectivity index (χ2n) is 3.11. The van der Waals surface area contributed by atoms with Crippen LogP contribution in [0.1, 0.15) is 0 Å². The third kappa shape index (κ3) is 4.66. The van der Waals surface area contributed by atoms with Crippen molar-refractivity contribution in [1.29, 1.82) is 0 Å². The molecule has 0 aliphatic carbocycles. The number of nitrogens with two attached hydrogens (primary N) is 1. The van der Waals surface area contributed by atoms with Crippen molar-refractivity contribution in [3.63, 3.8) is 0 Å². The molecule has 84 valence electrons. The highest BCUT2D eigenvalue weighted by molar-refractivity contribution is 5.82. The van der Waals surface area contributed by atoms with Crippen molar-refractivity contribution in [2.24, 2.45) is 15.7 Å². The van der Waals surface area contributed by atoms with Gasteiger partial charge in [0.05, 0.1) is 26.0 Å². The minimum Gasteiger partial charge on any atom is -0.379 e. The van der Waals surface area contributed by atoms with E-state index in [1.165, 1.54) is 0 Å². The van der Waals surface area contributed by atoms with E-state index in [2.05, 4.69) is 16.7 Å². The van der Waals surface area contributed by atoms with Crippen LogP contribution in [0.15, 0.2) is 22.0 Å². The number of hydrogen-bond acceptors (Lipinski definition) is 3. The van der Waals surface area contributed by atoms with Crippen LogP contribution in [0.2, 0.25) is 0 Å². The number of rotatable bonds is 3. The van der Waals surface area contributed by atoms with E-state index in [0.29, 0.717) is 13.2 Å². The third-order valence-electron chi connectivity index (χ3n) is 1.98. The zero-order chi connectivity index (χ0) is 11.1. The molecule has 1 heterocycles. The van der Waals surface area contributed by atoms with Crippen LogP contribution in [0.4, 0.5) is 4.39 Å². The lowest BCUT2D eigenvalue weighted by molar-refractivity contribution is 0.0400. The van der Waals surface area contributed by atoms with Gasteiger partial charge in [0.1, 0.15) is 5.83 Å². The summed E-state index contributed by atoms with van der Waals surface area (Å²) in [6, 6.07) is 0. The second-order valence-corrected chi connectivity index (χ2v) is 3.11. The van der Waals surface area contributed by atoms with Crippen molar-refractivity contribution in [3.05, 3.63) is 12.0 Å². The fourth-order valence-electron chi connectivity index (χ4n) is 1.19. The number of morpholine rings is 1. The van der Waals surface area contributed by atoms with Crippen molar-refractivity contribution >= 4 is 12.7 Å². The topological polar surface area (TPSA) is 63.2 Å². The van der Waals surface area contributed by atoms with E-state index in [9.17, 15) is 4.39 Å². The van der Waals surface area contributed by atoms with Gasteiger partial charge >= 0.3 is 0 Å². The van der Waals surface area contributed by atoms with Crippen LogP contribution >= 0.6 is 0 Å². The third-order valence-corrected chi connectivity index (χ3v) is 1.98. The fraction of sp³-hybridized carbons (Fsp3) is 0.556. The first-order chi connectivity index (χ1) is 7.22. The highest BCUT2D eigenvalue weighted by atomic mass is 19.1. The molecule has 0 spiro atoms. The Kier molecular flexibility index (Phi) is 4.92. The smallest absolute Gasteiger partial charge is 0.219 e. The van der Waals surface area contributed by atoms with E-state index >= 15 is 0 Å². The molecule has 0 radical (unpaired) electrons. The first-order valence-electron chi connectivity index (χ1n) is 4.67. The van der Waals surface area contributed by atoms with Crippen molar-refractivity contribution in [2.75, 3.05) is 32.8 Å². The summed E-state index contributed by atoms with van der Waals surface area (Å²) in [7, 11) is 0. The molecular weight excluding hydrogens is 199 g/mol. The van der Waals surface area contributed by atoms with E-state index in [-0.39, 0.29) is 18.3 Å². The van der Waals surface area contributed by atoms with Crippen molar-refractivity contribution in [2.45, 2.75) is 0 Å². The lowest BCUT2D eigenvalue weighted by atomic mass is 10.4. The zero-order valence-electron chi connectivity index (χ0n) is 8.53. The van der Waals surface area contributed by atoms with Gasteiger partial charge in [-0.2, -0.15) is 0 Å². The highest BCUT2D eigenvalue weighted by Gasteiger charge is 2.11. The lowest BCUT2D eigenvalue weighted by Gasteiger charge is -2.25. The van der Waals surface area contributed by atoms with Gasteiger partial charge in [-0.05, 0) is 6.72 Å². The van der Waals surface area contributed by atoms with Crippen LogP contribution in [0.5, 0.6) is 0 Å². The zero-order valence-corrected chi connectivity index (χ0v) is 8.53. The van der Waals surface area contributed by atoms with Crippen molar-refractivity contribution in [3.8, 4) is 0 Å². The molecule has 0 aromatic rings. The Morgan fingerprint density at radius 2 is 2.20 bits per heavy atom. The Morgan fingerprint density at radius 3 is 2.80 bits per heavy atom. The Hall–Kier alpha value is -1.27. The molecule has 0 atom stereocenters. The number of halogens is 1. The molecule has 2 N–H and O–H groups in total. The average molecular weight is 214 g/mol. The van der Waals surface area contributed by atoms with Gasteiger partial charge in [0, 0.05) is 13.1 Å². The predicted octanol–water partition coefficient (Wildman–Crippen LogP) is 0.145. The molecule has 15 heavy (non-hydrogen) atoms. The highest BCUT2D eigenvalue weighted by Crippen LogP contribution is 2.04. The van der Waals surface area contributed by atoms with Crippen molar-refractivity contribution < 1.29 is 9.13 Å². The molecule has 1 fully saturated rings. The largest absolute Gasteiger partial charge is 0.379 e. The van der Waals surface area contributed by atoms with Gasteiger partial charge in [0.15, 0.2) is 0 Å². The van der Waals surface area contributed by atoms with Crippen LogP contribution in [-0.4, -0.2) is 50.4 Å². The van der Waals surface area contributed by atoms with Crippen LogP contribution in [0.3, 0.4) is 0 Å². The van der Waals surface area contributed by atoms with Crippen molar-refractivity contribution in [1.82, 2.24) is 4.90 Å². The molecule has 1 aliphatic rings. The van der Waals surface area contributed by atoms with Crippen LogP contribution in [-0.2, 0) is 4.74 Å². The summed E-state index contributed by atoms with van der Waals surface area (Å²) in [5, 5.41) is 0. The summed E-state index contributed by atoms with van der Waals surface area (Å²) >= 11 is 0. The maximum absolute atomic E-state index is 13.2. The molecule has 0 bridgehead atoms. The summed E-state index contributed by atoms with van der Waals surface area (Å²) in [6.45, 7) is 6.17. The summed E-state index contributed by atoms with van der Waals surface area (Å²) in [5.41, 5.74) is 5.23. The minimum absolute atomic E-state index is 0.0351. The molecule has 0 saturated carbocycles. The standard InChI is InChI=1S/C9H15FN4O/c1-12-9(11)13-6-8(10)7-14-2-4-15-5-3-14/h6H,1-5,7H2,(H2,11,13)/b8-6+. The Balaban J connectivity index is 2.39. The summed E-state index contributed by atoms with van der Waals surface area (Å²) in [5.74, 6) is -0.379. The normalized spacial score (nSPS) is 20.3. The van der Waals surface area contributed by atoms with E-state index < -0.39 is 0 Å². The molecule has 5 nitrogen and oxygen atoms in total. The van der Waals surface area contributed by atoms with E-state index in [1.54, 1.807) is 0 Å². The molecule has 0 unspecified atom stereocenters. The average Bonchev–Trinajstić information content (AvgIpc) is 2.27. The van der Waals surface area contributed by atoms with Gasteiger partial charge in [-0.25, -0.2) is 14.4 Å². The van der Waals surface area contributed by atoms with E-state index in [1.807, 2.05) is 4.90 Å².